The molecule has 5 nitrogen and oxygen atoms in total. The van der Waals surface area contributed by atoms with Crippen LogP contribution in [0.15, 0.2) is 45.3 Å². The number of carboxylic acid groups (broad SMARTS) is 1. The number of aromatic carboxylic acids is 1. The summed E-state index contributed by atoms with van der Waals surface area (Å²) in [5, 5.41) is 26.4. The van der Waals surface area contributed by atoms with E-state index in [2.05, 4.69) is 31.9 Å². The summed E-state index contributed by atoms with van der Waals surface area (Å²) in [4.78, 5) is 10.5. The van der Waals surface area contributed by atoms with Gasteiger partial charge >= 0.3 is 5.97 Å². The Hall–Kier alpha value is -1.57. The maximum absolute atomic E-state index is 10.5. The molecular weight excluding hydrogens is 406 g/mol. The molecule has 2 aromatic carbocycles. The van der Waals surface area contributed by atoms with E-state index in [-0.39, 0.29) is 17.9 Å². The Bertz CT molecular complexity index is 606. The molecule has 0 spiro atoms. The summed E-state index contributed by atoms with van der Waals surface area (Å²) in [5.74, 6) is -1.37. The molecule has 2 rings (SSSR count). The predicted molar refractivity (Wildman–Crippen MR) is 87.2 cm³/mol. The molecule has 0 unspecified atom stereocenters. The highest BCUT2D eigenvalue weighted by atomic mass is 79.9. The Morgan fingerprint density at radius 3 is 2.05 bits per heavy atom. The zero-order valence-electron chi connectivity index (χ0n) is 10.8. The third-order valence-corrected chi connectivity index (χ3v) is 3.92. The van der Waals surface area contributed by atoms with Crippen molar-refractivity contribution in [2.75, 3.05) is 5.73 Å². The van der Waals surface area contributed by atoms with E-state index in [1.807, 2.05) is 12.1 Å². The second kappa shape index (κ2) is 8.02. The van der Waals surface area contributed by atoms with Gasteiger partial charge in [0.25, 0.3) is 0 Å². The highest BCUT2D eigenvalue weighted by Crippen LogP contribution is 2.25. The first-order valence-corrected chi connectivity index (χ1v) is 7.31. The molecule has 5 N–H and O–H groups in total. The monoisotopic (exact) mass is 417 g/mol. The molecule has 0 aliphatic heterocycles. The molecule has 7 heteroatoms. The molecule has 0 heterocycles. The van der Waals surface area contributed by atoms with Crippen molar-refractivity contribution in [2.45, 2.75) is 6.61 Å². The van der Waals surface area contributed by atoms with E-state index in [0.29, 0.717) is 10.2 Å². The summed E-state index contributed by atoms with van der Waals surface area (Å²) in [6.07, 6.45) is 0. The molecule has 0 atom stereocenters. The number of aliphatic hydroxyl groups excluding tert-OH is 1. The van der Waals surface area contributed by atoms with Gasteiger partial charge < -0.3 is 21.1 Å². The van der Waals surface area contributed by atoms with Crippen LogP contribution in [-0.2, 0) is 6.61 Å². The molecule has 0 amide bonds. The SMILES string of the molecule is Nc1cccc(Br)c1CO.O=C(O)c1c(O)cccc1Br. The van der Waals surface area contributed by atoms with E-state index in [1.165, 1.54) is 6.07 Å². The van der Waals surface area contributed by atoms with Gasteiger partial charge in [-0.15, -0.1) is 0 Å². The van der Waals surface area contributed by atoms with Gasteiger partial charge in [0.2, 0.25) is 0 Å². The molecular formula is C14H13Br2NO4. The van der Waals surface area contributed by atoms with Crippen LogP contribution in [0.1, 0.15) is 15.9 Å². The topological polar surface area (TPSA) is 104 Å². The van der Waals surface area contributed by atoms with Crippen LogP contribution in [0.3, 0.4) is 0 Å². The number of carbonyl (C=O) groups is 1. The largest absolute Gasteiger partial charge is 0.507 e. The van der Waals surface area contributed by atoms with E-state index in [9.17, 15) is 4.79 Å². The summed E-state index contributed by atoms with van der Waals surface area (Å²) in [5.41, 5.74) is 6.81. The average molecular weight is 419 g/mol. The zero-order chi connectivity index (χ0) is 16.0. The van der Waals surface area contributed by atoms with Gasteiger partial charge in [0, 0.05) is 20.2 Å². The van der Waals surface area contributed by atoms with E-state index in [4.69, 9.17) is 21.1 Å². The van der Waals surface area contributed by atoms with E-state index < -0.39 is 5.97 Å². The maximum Gasteiger partial charge on any atom is 0.340 e. The standard InChI is InChI=1S/C7H8BrNO.C7H5BrO3/c8-6-2-1-3-7(9)5(6)4-10;8-4-2-1-3-5(9)6(4)7(10)11/h1-3,10H,4,9H2;1-3,9H,(H,10,11). The van der Waals surface area contributed by atoms with Crippen LogP contribution in [0, 0.1) is 0 Å². The molecule has 0 fully saturated rings. The number of hydrogen-bond acceptors (Lipinski definition) is 4. The summed E-state index contributed by atoms with van der Waals surface area (Å²) in [7, 11) is 0. The quantitative estimate of drug-likeness (QED) is 0.559. The van der Waals surface area contributed by atoms with Gasteiger partial charge in [0.05, 0.1) is 6.61 Å². The lowest BCUT2D eigenvalue weighted by molar-refractivity contribution is 0.0692. The van der Waals surface area contributed by atoms with Crippen LogP contribution < -0.4 is 5.73 Å². The van der Waals surface area contributed by atoms with Crippen molar-refractivity contribution in [3.8, 4) is 5.75 Å². The van der Waals surface area contributed by atoms with Crippen molar-refractivity contribution >= 4 is 43.5 Å². The highest BCUT2D eigenvalue weighted by molar-refractivity contribution is 9.10. The highest BCUT2D eigenvalue weighted by Gasteiger charge is 2.12. The third kappa shape index (κ3) is 4.73. The number of aromatic hydroxyl groups is 1. The third-order valence-electron chi connectivity index (χ3n) is 2.52. The van der Waals surface area contributed by atoms with Crippen molar-refractivity contribution in [1.82, 2.24) is 0 Å². The molecule has 0 radical (unpaired) electrons. The lowest BCUT2D eigenvalue weighted by atomic mass is 10.2. The number of rotatable bonds is 2. The zero-order valence-corrected chi connectivity index (χ0v) is 13.9. The normalized spacial score (nSPS) is 9.67. The molecule has 112 valence electrons. The molecule has 0 aliphatic rings. The fraction of sp³-hybridized carbons (Fsp3) is 0.0714. The Balaban J connectivity index is 0.000000211. The van der Waals surface area contributed by atoms with Gasteiger partial charge in [-0.05, 0) is 40.2 Å². The molecule has 0 aliphatic carbocycles. The molecule has 2 aromatic rings. The Morgan fingerprint density at radius 2 is 1.67 bits per heavy atom. The van der Waals surface area contributed by atoms with Crippen LogP contribution in [0.25, 0.3) is 0 Å². The lowest BCUT2D eigenvalue weighted by Gasteiger charge is -2.02. The molecule has 0 bridgehead atoms. The average Bonchev–Trinajstić information content (AvgIpc) is 2.39. The Kier molecular flexibility index (Phi) is 6.67. The van der Waals surface area contributed by atoms with E-state index in [0.717, 1.165) is 10.0 Å². The minimum absolute atomic E-state index is 0.0206. The first-order valence-electron chi connectivity index (χ1n) is 5.73. The fourth-order valence-electron chi connectivity index (χ4n) is 1.47. The number of nitrogen functional groups attached to an aromatic ring is 1. The summed E-state index contributed by atoms with van der Waals surface area (Å²) in [6.45, 7) is -0.0206. The van der Waals surface area contributed by atoms with Gasteiger partial charge in [-0.25, -0.2) is 4.79 Å². The number of halogens is 2. The first kappa shape index (κ1) is 17.5. The number of anilines is 1. The van der Waals surface area contributed by atoms with Crippen LogP contribution in [0.4, 0.5) is 5.69 Å². The number of carboxylic acids is 1. The maximum atomic E-state index is 10.5. The number of hydrogen-bond donors (Lipinski definition) is 4. The molecule has 21 heavy (non-hydrogen) atoms. The Morgan fingerprint density at radius 1 is 1.10 bits per heavy atom. The van der Waals surface area contributed by atoms with Crippen molar-refractivity contribution < 1.29 is 20.1 Å². The lowest BCUT2D eigenvalue weighted by Crippen LogP contribution is -1.97. The molecule has 0 aromatic heterocycles. The first-order chi connectivity index (χ1) is 9.88. The van der Waals surface area contributed by atoms with Crippen molar-refractivity contribution in [2.24, 2.45) is 0 Å². The molecule has 0 saturated heterocycles. The van der Waals surface area contributed by atoms with Crippen molar-refractivity contribution in [3.63, 3.8) is 0 Å². The minimum Gasteiger partial charge on any atom is -0.507 e. The number of phenols is 1. The second-order valence-electron chi connectivity index (χ2n) is 3.90. The summed E-state index contributed by atoms with van der Waals surface area (Å²) < 4.78 is 1.24. The Labute approximate surface area is 138 Å². The van der Waals surface area contributed by atoms with Crippen LogP contribution in [-0.4, -0.2) is 21.3 Å². The fourth-order valence-corrected chi connectivity index (χ4v) is 2.50. The van der Waals surface area contributed by atoms with Crippen LogP contribution >= 0.6 is 31.9 Å². The number of nitrogens with two attached hydrogens (primary N) is 1. The number of benzene rings is 2. The predicted octanol–water partition coefficient (Wildman–Crippen LogP) is 3.38. The van der Waals surface area contributed by atoms with E-state index in [1.54, 1.807) is 18.2 Å². The van der Waals surface area contributed by atoms with Crippen molar-refractivity contribution in [3.05, 3.63) is 56.5 Å². The summed E-state index contributed by atoms with van der Waals surface area (Å²) >= 11 is 6.27. The van der Waals surface area contributed by atoms with Gasteiger partial charge in [-0.1, -0.05) is 28.1 Å². The molecule has 0 saturated carbocycles. The van der Waals surface area contributed by atoms with Gasteiger partial charge in [0.1, 0.15) is 11.3 Å². The minimum atomic E-state index is -1.14. The smallest absolute Gasteiger partial charge is 0.340 e. The van der Waals surface area contributed by atoms with Gasteiger partial charge in [-0.3, -0.25) is 0 Å². The summed E-state index contributed by atoms with van der Waals surface area (Å²) in [6, 6.07) is 9.89. The second-order valence-corrected chi connectivity index (χ2v) is 5.61. The van der Waals surface area contributed by atoms with Crippen LogP contribution in [0.2, 0.25) is 0 Å². The van der Waals surface area contributed by atoms with Crippen LogP contribution in [0.5, 0.6) is 5.75 Å². The van der Waals surface area contributed by atoms with Gasteiger partial charge in [-0.2, -0.15) is 0 Å². The van der Waals surface area contributed by atoms with E-state index >= 15 is 0 Å². The van der Waals surface area contributed by atoms with Crippen molar-refractivity contribution in [1.29, 1.82) is 0 Å². The van der Waals surface area contributed by atoms with Gasteiger partial charge in [0.15, 0.2) is 0 Å². The number of aliphatic hydroxyl groups is 1.